The van der Waals surface area contributed by atoms with Gasteiger partial charge >= 0.3 is 11.9 Å². The van der Waals surface area contributed by atoms with Gasteiger partial charge in [-0.15, -0.1) is 0 Å². The Bertz CT molecular complexity index is 2000. The number of phenols is 4. The Balaban J connectivity index is 1.21. The molecule has 1 saturated heterocycles. The van der Waals surface area contributed by atoms with Crippen molar-refractivity contribution in [2.24, 2.45) is 0 Å². The molecule has 0 saturated carbocycles. The molecule has 14 heteroatoms. The Morgan fingerprint density at radius 2 is 1.32 bits per heavy atom. The van der Waals surface area contributed by atoms with Gasteiger partial charge < -0.3 is 54.3 Å². The smallest absolute Gasteiger partial charge is 0.331 e. The summed E-state index contributed by atoms with van der Waals surface area (Å²) in [6.07, 6.45) is -4.20. The molecule has 4 aromatic rings. The highest BCUT2D eigenvalue weighted by Gasteiger charge is 2.48. The summed E-state index contributed by atoms with van der Waals surface area (Å²) in [4.78, 5) is 38.4. The molecule has 274 valence electrons. The van der Waals surface area contributed by atoms with E-state index in [1.165, 1.54) is 54.6 Å². The molecule has 0 spiro atoms. The first-order chi connectivity index (χ1) is 25.4. The lowest BCUT2D eigenvalue weighted by Gasteiger charge is -2.41. The Kier molecular flexibility index (Phi) is 10.9. The second kappa shape index (κ2) is 15.9. The highest BCUT2D eigenvalue weighted by Crippen LogP contribution is 2.43. The van der Waals surface area contributed by atoms with Gasteiger partial charge in [0.2, 0.25) is 6.29 Å². The van der Waals surface area contributed by atoms with Crippen molar-refractivity contribution in [1.82, 2.24) is 0 Å². The van der Waals surface area contributed by atoms with Crippen LogP contribution in [0.4, 0.5) is 0 Å². The molecule has 0 bridgehead atoms. The van der Waals surface area contributed by atoms with Crippen molar-refractivity contribution in [2.75, 3.05) is 6.61 Å². The maximum absolute atomic E-state index is 13.0. The van der Waals surface area contributed by atoms with Gasteiger partial charge in [-0.2, -0.15) is 0 Å². The van der Waals surface area contributed by atoms with E-state index >= 15 is 0 Å². The van der Waals surface area contributed by atoms with Crippen LogP contribution < -0.4 is 9.47 Å². The van der Waals surface area contributed by atoms with Crippen molar-refractivity contribution in [3.63, 3.8) is 0 Å². The number of ketones is 1. The molecule has 6 N–H and O–H groups in total. The topological polar surface area (TPSA) is 219 Å². The largest absolute Gasteiger partial charge is 0.508 e. The average Bonchev–Trinajstić information content (AvgIpc) is 3.13. The molecule has 0 aromatic heterocycles. The van der Waals surface area contributed by atoms with Crippen LogP contribution in [0.25, 0.3) is 12.2 Å². The van der Waals surface area contributed by atoms with E-state index in [2.05, 4.69) is 0 Å². The number of Topliss-reactive ketones (excluding diaryl/α,β-unsaturated/α-hetero) is 1. The van der Waals surface area contributed by atoms with Gasteiger partial charge in [0, 0.05) is 24.3 Å². The zero-order valence-corrected chi connectivity index (χ0v) is 27.7. The molecule has 2 aliphatic rings. The van der Waals surface area contributed by atoms with Crippen molar-refractivity contribution >= 4 is 29.9 Å². The van der Waals surface area contributed by atoms with Crippen LogP contribution in [-0.4, -0.2) is 85.7 Å². The van der Waals surface area contributed by atoms with Gasteiger partial charge in [0.25, 0.3) is 0 Å². The minimum Gasteiger partial charge on any atom is -0.508 e. The number of phenolic OH excluding ortho intramolecular Hbond substituents is 4. The first-order valence-electron chi connectivity index (χ1n) is 16.3. The lowest BCUT2D eigenvalue weighted by atomic mass is 9.95. The van der Waals surface area contributed by atoms with Gasteiger partial charge in [0.15, 0.2) is 18.0 Å². The molecule has 6 rings (SSSR count). The minimum absolute atomic E-state index is 0.0226. The summed E-state index contributed by atoms with van der Waals surface area (Å²) in [6.45, 7) is -0.578. The van der Waals surface area contributed by atoms with Crippen molar-refractivity contribution < 1.29 is 68.7 Å². The number of benzene rings is 4. The molecule has 53 heavy (non-hydrogen) atoms. The fourth-order valence-electron chi connectivity index (χ4n) is 5.65. The predicted octanol–water partition coefficient (Wildman–Crippen LogP) is 3.92. The third-order valence-electron chi connectivity index (χ3n) is 8.38. The lowest BCUT2D eigenvalue weighted by molar-refractivity contribution is -0.281. The van der Waals surface area contributed by atoms with E-state index in [4.69, 9.17) is 23.7 Å². The predicted molar refractivity (Wildman–Crippen MR) is 185 cm³/mol. The van der Waals surface area contributed by atoms with E-state index in [1.54, 1.807) is 36.4 Å². The van der Waals surface area contributed by atoms with E-state index in [0.717, 1.165) is 18.2 Å². The normalized spacial score (nSPS) is 22.6. The maximum atomic E-state index is 13.0. The standard InChI is InChI=1S/C39H34O14/c40-24-9-1-21(2-10-24)5-15-33(45)49-20-32-36(47)38(53-34(46)16-6-22-3-11-25(41)12-4-22)37(48)39(52-32)50-27-17-28(43)35-29(44)19-30(51-31(35)18-27)23-7-13-26(42)14-8-23/h1-18,30,32,36-43,47-48H,19-20H2/t30-,32-,36-,37-,38+,39+/m0/s1. The van der Waals surface area contributed by atoms with Gasteiger partial charge in [0.1, 0.15) is 65.0 Å². The summed E-state index contributed by atoms with van der Waals surface area (Å²) in [7, 11) is 0. The van der Waals surface area contributed by atoms with Crippen LogP contribution in [0.15, 0.2) is 97.1 Å². The number of carbonyl (C=O) groups excluding carboxylic acids is 3. The number of fused-ring (bicyclic) bond motifs is 1. The average molecular weight is 727 g/mol. The van der Waals surface area contributed by atoms with Crippen LogP contribution in [0.3, 0.4) is 0 Å². The van der Waals surface area contributed by atoms with Gasteiger partial charge in [0.05, 0.1) is 6.42 Å². The van der Waals surface area contributed by atoms with E-state index < -0.39 is 66.9 Å². The molecule has 0 radical (unpaired) electrons. The summed E-state index contributed by atoms with van der Waals surface area (Å²) in [5, 5.41) is 61.9. The van der Waals surface area contributed by atoms with Crippen molar-refractivity contribution in [2.45, 2.75) is 43.2 Å². The summed E-state index contributed by atoms with van der Waals surface area (Å²) in [5.41, 5.74) is 1.63. The quantitative estimate of drug-likeness (QED) is 0.101. The third-order valence-corrected chi connectivity index (χ3v) is 8.38. The first-order valence-corrected chi connectivity index (χ1v) is 16.3. The molecule has 14 nitrogen and oxygen atoms in total. The van der Waals surface area contributed by atoms with Crippen LogP contribution >= 0.6 is 0 Å². The van der Waals surface area contributed by atoms with Gasteiger partial charge in [-0.3, -0.25) is 4.79 Å². The number of hydrogen-bond donors (Lipinski definition) is 6. The molecule has 2 heterocycles. The maximum Gasteiger partial charge on any atom is 0.331 e. The molecule has 6 atom stereocenters. The van der Waals surface area contributed by atoms with Crippen molar-refractivity contribution in [1.29, 1.82) is 0 Å². The molecule has 1 fully saturated rings. The summed E-state index contributed by atoms with van der Waals surface area (Å²) < 4.78 is 28.4. The van der Waals surface area contributed by atoms with Gasteiger partial charge in [-0.05, 0) is 65.2 Å². The Morgan fingerprint density at radius 3 is 1.92 bits per heavy atom. The van der Waals surface area contributed by atoms with E-state index in [9.17, 15) is 45.0 Å². The SMILES string of the molecule is O=C(C=Cc1ccc(O)cc1)OC[C@@H]1O[C@@H](Oc2cc(O)c3c(c2)O[C@H](c2ccc(O)cc2)CC3=O)[C@@H](O)[C@H](OC(=O)C=Cc2ccc(O)cc2)[C@H]1O. The van der Waals surface area contributed by atoms with Crippen LogP contribution in [-0.2, 0) is 23.8 Å². The van der Waals surface area contributed by atoms with Crippen LogP contribution in [0.1, 0.15) is 39.6 Å². The molecule has 2 aliphatic heterocycles. The highest BCUT2D eigenvalue weighted by atomic mass is 16.7. The zero-order valence-electron chi connectivity index (χ0n) is 27.7. The number of aliphatic hydroxyl groups excluding tert-OH is 2. The fraction of sp³-hybridized carbons (Fsp3) is 0.205. The Hall–Kier alpha value is -6.35. The summed E-state index contributed by atoms with van der Waals surface area (Å²) in [6, 6.07) is 20.4. The summed E-state index contributed by atoms with van der Waals surface area (Å²) >= 11 is 0. The lowest BCUT2D eigenvalue weighted by Crippen LogP contribution is -2.61. The molecule has 0 unspecified atom stereocenters. The zero-order chi connectivity index (χ0) is 37.6. The fourth-order valence-corrected chi connectivity index (χ4v) is 5.65. The number of ether oxygens (including phenoxy) is 5. The molecular weight excluding hydrogens is 692 g/mol. The molecule has 0 aliphatic carbocycles. The van der Waals surface area contributed by atoms with Gasteiger partial charge in [-0.1, -0.05) is 36.4 Å². The number of esters is 2. The molecule has 0 amide bonds. The third kappa shape index (κ3) is 8.94. The number of carbonyl (C=O) groups is 3. The van der Waals surface area contributed by atoms with Crippen LogP contribution in [0.5, 0.6) is 34.5 Å². The van der Waals surface area contributed by atoms with E-state index in [1.807, 2.05) is 0 Å². The monoisotopic (exact) mass is 726 g/mol. The van der Waals surface area contributed by atoms with E-state index in [0.29, 0.717) is 16.7 Å². The van der Waals surface area contributed by atoms with Gasteiger partial charge in [-0.25, -0.2) is 9.59 Å². The summed E-state index contributed by atoms with van der Waals surface area (Å²) in [5.74, 6) is -2.77. The number of aliphatic hydroxyl groups is 2. The highest BCUT2D eigenvalue weighted by molar-refractivity contribution is 6.02. The second-order valence-electron chi connectivity index (χ2n) is 12.2. The van der Waals surface area contributed by atoms with Crippen molar-refractivity contribution in [3.05, 3.63) is 119 Å². The van der Waals surface area contributed by atoms with Crippen LogP contribution in [0, 0.1) is 0 Å². The Labute approximate surface area is 302 Å². The van der Waals surface area contributed by atoms with Crippen molar-refractivity contribution in [3.8, 4) is 34.5 Å². The second-order valence-corrected chi connectivity index (χ2v) is 12.2. The molecule has 4 aromatic carbocycles. The first kappa shape index (κ1) is 36.4. The number of hydrogen-bond acceptors (Lipinski definition) is 14. The number of aromatic hydroxyl groups is 4. The number of rotatable bonds is 10. The van der Waals surface area contributed by atoms with Crippen LogP contribution in [0.2, 0.25) is 0 Å². The van der Waals surface area contributed by atoms with E-state index in [-0.39, 0.29) is 40.7 Å². The molecular formula is C39H34O14. The Morgan fingerprint density at radius 1 is 0.755 bits per heavy atom. The minimum atomic E-state index is -1.83.